The molecule has 4 nitrogen and oxygen atoms in total. The summed E-state index contributed by atoms with van der Waals surface area (Å²) in [7, 11) is 1.50. The summed E-state index contributed by atoms with van der Waals surface area (Å²) in [5, 5.41) is 0.597. The number of halogens is 3. The van der Waals surface area contributed by atoms with E-state index in [0.717, 1.165) is 0 Å². The fraction of sp³-hybridized carbons (Fsp3) is 0.667. The average molecular weight is 308 g/mol. The van der Waals surface area contributed by atoms with E-state index in [1.165, 1.54) is 18.4 Å². The van der Waals surface area contributed by atoms with E-state index in [-0.39, 0.29) is 19.4 Å². The van der Waals surface area contributed by atoms with Gasteiger partial charge in [-0.25, -0.2) is 4.98 Å². The zero-order valence-corrected chi connectivity index (χ0v) is 11.8. The first-order valence-corrected chi connectivity index (χ1v) is 7.02. The lowest BCUT2D eigenvalue weighted by Gasteiger charge is -2.32. The van der Waals surface area contributed by atoms with Crippen LogP contribution in [0, 0.1) is 5.92 Å². The molecule has 1 aromatic rings. The number of aldehydes is 1. The quantitative estimate of drug-likeness (QED) is 0.802. The largest absolute Gasteiger partial charge is 0.391 e. The van der Waals surface area contributed by atoms with Gasteiger partial charge in [-0.3, -0.25) is 4.79 Å². The number of alkyl halides is 3. The molecule has 0 amide bonds. The van der Waals surface area contributed by atoms with Gasteiger partial charge in [-0.05, 0) is 12.8 Å². The minimum Gasteiger partial charge on any atom is -0.378 e. The summed E-state index contributed by atoms with van der Waals surface area (Å²) in [6, 6.07) is 0. The van der Waals surface area contributed by atoms with Crippen LogP contribution in [0.3, 0.4) is 0 Å². The third-order valence-corrected chi connectivity index (χ3v) is 4.42. The molecule has 0 saturated carbocycles. The van der Waals surface area contributed by atoms with Crippen molar-refractivity contribution in [1.29, 1.82) is 0 Å². The second-order valence-electron chi connectivity index (χ2n) is 4.66. The number of hydrogen-bond acceptors (Lipinski definition) is 5. The van der Waals surface area contributed by atoms with Crippen LogP contribution in [0.25, 0.3) is 0 Å². The lowest BCUT2D eigenvalue weighted by molar-refractivity contribution is -0.179. The van der Waals surface area contributed by atoms with E-state index in [4.69, 9.17) is 4.74 Å². The summed E-state index contributed by atoms with van der Waals surface area (Å²) in [5.74, 6) is -1.23. The Morgan fingerprint density at radius 3 is 2.60 bits per heavy atom. The maximum absolute atomic E-state index is 12.6. The molecule has 0 aromatic carbocycles. The van der Waals surface area contributed by atoms with Crippen LogP contribution in [0.4, 0.5) is 18.3 Å². The molecule has 8 heteroatoms. The highest BCUT2D eigenvalue weighted by Crippen LogP contribution is 2.36. The Hall–Kier alpha value is -1.15. The SMILES string of the molecule is COCc1nc(N2CCC(C(F)(F)F)CC2)sc1C=O. The molecule has 0 bridgehead atoms. The molecule has 2 heterocycles. The molecular formula is C12H15F3N2O2S. The number of nitrogens with zero attached hydrogens (tertiary/aromatic N) is 2. The van der Waals surface area contributed by atoms with Crippen molar-refractivity contribution in [3.8, 4) is 0 Å². The molecule has 1 saturated heterocycles. The first-order chi connectivity index (χ1) is 9.45. The minimum atomic E-state index is -4.12. The van der Waals surface area contributed by atoms with Crippen LogP contribution in [-0.2, 0) is 11.3 Å². The predicted octanol–water partition coefficient (Wildman–Crippen LogP) is 2.88. The maximum atomic E-state index is 12.6. The van der Waals surface area contributed by atoms with Crippen molar-refractivity contribution in [2.75, 3.05) is 25.1 Å². The zero-order chi connectivity index (χ0) is 14.8. The molecule has 2 rings (SSSR count). The van der Waals surface area contributed by atoms with E-state index in [2.05, 4.69) is 4.98 Å². The van der Waals surface area contributed by atoms with Crippen LogP contribution < -0.4 is 4.90 Å². The van der Waals surface area contributed by atoms with Crippen LogP contribution in [0.1, 0.15) is 28.2 Å². The van der Waals surface area contributed by atoms with E-state index >= 15 is 0 Å². The van der Waals surface area contributed by atoms with Gasteiger partial charge in [-0.2, -0.15) is 13.2 Å². The molecule has 0 aliphatic carbocycles. The van der Waals surface area contributed by atoms with E-state index in [1.807, 2.05) is 0 Å². The monoisotopic (exact) mass is 308 g/mol. The molecule has 0 atom stereocenters. The van der Waals surface area contributed by atoms with Crippen molar-refractivity contribution in [1.82, 2.24) is 4.98 Å². The summed E-state index contributed by atoms with van der Waals surface area (Å²) in [5.41, 5.74) is 0.542. The van der Waals surface area contributed by atoms with Crippen molar-refractivity contribution < 1.29 is 22.7 Å². The number of carbonyl (C=O) groups is 1. The molecule has 0 radical (unpaired) electrons. The highest BCUT2D eigenvalue weighted by molar-refractivity contribution is 7.17. The van der Waals surface area contributed by atoms with Crippen LogP contribution in [0.2, 0.25) is 0 Å². The number of anilines is 1. The number of piperidine rings is 1. The number of rotatable bonds is 4. The Morgan fingerprint density at radius 1 is 1.45 bits per heavy atom. The van der Waals surface area contributed by atoms with Crippen molar-refractivity contribution in [2.24, 2.45) is 5.92 Å². The molecule has 0 spiro atoms. The van der Waals surface area contributed by atoms with Gasteiger partial charge in [0, 0.05) is 20.2 Å². The molecular weight excluding hydrogens is 293 g/mol. The normalized spacial score (nSPS) is 17.5. The van der Waals surface area contributed by atoms with Crippen molar-refractivity contribution in [3.05, 3.63) is 10.6 Å². The van der Waals surface area contributed by atoms with E-state index in [9.17, 15) is 18.0 Å². The van der Waals surface area contributed by atoms with Gasteiger partial charge in [0.15, 0.2) is 11.4 Å². The van der Waals surface area contributed by atoms with Gasteiger partial charge in [-0.1, -0.05) is 11.3 Å². The fourth-order valence-corrected chi connectivity index (χ4v) is 3.15. The van der Waals surface area contributed by atoms with Crippen LogP contribution in [0.15, 0.2) is 0 Å². The second-order valence-corrected chi connectivity index (χ2v) is 5.67. The van der Waals surface area contributed by atoms with E-state index in [0.29, 0.717) is 35.1 Å². The van der Waals surface area contributed by atoms with Gasteiger partial charge in [0.1, 0.15) is 0 Å². The predicted molar refractivity (Wildman–Crippen MR) is 69.2 cm³/mol. The molecule has 112 valence electrons. The number of thiazole rings is 1. The molecule has 0 N–H and O–H groups in total. The van der Waals surface area contributed by atoms with Gasteiger partial charge in [0.05, 0.1) is 23.1 Å². The highest BCUT2D eigenvalue weighted by Gasteiger charge is 2.41. The molecule has 1 aliphatic rings. The topological polar surface area (TPSA) is 42.4 Å². The lowest BCUT2D eigenvalue weighted by atomic mass is 9.97. The van der Waals surface area contributed by atoms with Crippen LogP contribution in [0.5, 0.6) is 0 Å². The van der Waals surface area contributed by atoms with Crippen molar-refractivity contribution >= 4 is 22.8 Å². The third kappa shape index (κ3) is 3.29. The number of carbonyl (C=O) groups excluding carboxylic acids is 1. The van der Waals surface area contributed by atoms with E-state index in [1.54, 1.807) is 4.90 Å². The number of aromatic nitrogens is 1. The summed E-state index contributed by atoms with van der Waals surface area (Å²) in [6.07, 6.45) is -3.28. The maximum Gasteiger partial charge on any atom is 0.391 e. The van der Waals surface area contributed by atoms with Gasteiger partial charge >= 0.3 is 6.18 Å². The molecule has 0 unspecified atom stereocenters. The first kappa shape index (κ1) is 15.2. The average Bonchev–Trinajstić information content (AvgIpc) is 2.81. The molecule has 1 aromatic heterocycles. The third-order valence-electron chi connectivity index (χ3n) is 3.33. The number of ether oxygens (including phenoxy) is 1. The van der Waals surface area contributed by atoms with Gasteiger partial charge in [0.25, 0.3) is 0 Å². The summed E-state index contributed by atoms with van der Waals surface area (Å²) in [4.78, 5) is 17.5. The minimum absolute atomic E-state index is 0.0686. The van der Waals surface area contributed by atoms with Gasteiger partial charge < -0.3 is 9.64 Å². The Morgan fingerprint density at radius 2 is 2.10 bits per heavy atom. The van der Waals surface area contributed by atoms with Crippen LogP contribution in [-0.4, -0.2) is 37.6 Å². The number of methoxy groups -OCH3 is 1. The Balaban J connectivity index is 2.05. The van der Waals surface area contributed by atoms with E-state index < -0.39 is 12.1 Å². The molecule has 20 heavy (non-hydrogen) atoms. The summed E-state index contributed by atoms with van der Waals surface area (Å²) >= 11 is 1.20. The zero-order valence-electron chi connectivity index (χ0n) is 10.9. The number of hydrogen-bond donors (Lipinski definition) is 0. The standard InChI is InChI=1S/C12H15F3N2O2S/c1-19-7-9-10(6-18)20-11(16-9)17-4-2-8(3-5-17)12(13,14)15/h6,8H,2-5,7H2,1H3. The Bertz CT molecular complexity index is 468. The smallest absolute Gasteiger partial charge is 0.378 e. The lowest BCUT2D eigenvalue weighted by Crippen LogP contribution is -2.38. The van der Waals surface area contributed by atoms with Gasteiger partial charge in [0.2, 0.25) is 0 Å². The summed E-state index contributed by atoms with van der Waals surface area (Å²) in [6.45, 7) is 0.842. The van der Waals surface area contributed by atoms with Crippen molar-refractivity contribution in [2.45, 2.75) is 25.6 Å². The molecule has 1 aliphatic heterocycles. The summed E-state index contributed by atoms with van der Waals surface area (Å²) < 4.78 is 42.7. The van der Waals surface area contributed by atoms with Crippen molar-refractivity contribution in [3.63, 3.8) is 0 Å². The van der Waals surface area contributed by atoms with Crippen LogP contribution >= 0.6 is 11.3 Å². The molecule has 1 fully saturated rings. The Kier molecular flexibility index (Phi) is 4.64. The first-order valence-electron chi connectivity index (χ1n) is 6.21. The second kappa shape index (κ2) is 6.09. The fourth-order valence-electron chi connectivity index (χ4n) is 2.22. The van der Waals surface area contributed by atoms with Gasteiger partial charge in [-0.15, -0.1) is 0 Å². The highest BCUT2D eigenvalue weighted by atomic mass is 32.1. The Labute approximate surface area is 118 Å².